The van der Waals surface area contributed by atoms with Crippen LogP contribution in [0.3, 0.4) is 0 Å². The minimum absolute atomic E-state index is 0.0419. The van der Waals surface area contributed by atoms with Crippen molar-refractivity contribution in [1.82, 2.24) is 4.98 Å². The number of nitrogens with zero attached hydrogens (tertiary/aromatic N) is 1. The number of pyridine rings is 1. The third kappa shape index (κ3) is 2.09. The van der Waals surface area contributed by atoms with E-state index in [9.17, 15) is 9.59 Å². The van der Waals surface area contributed by atoms with Gasteiger partial charge in [-0.25, -0.2) is 9.78 Å². The predicted molar refractivity (Wildman–Crippen MR) is 70.9 cm³/mol. The first-order valence-corrected chi connectivity index (χ1v) is 6.18. The first-order chi connectivity index (χ1) is 8.68. The number of hydrogen-bond acceptors (Lipinski definition) is 3. The van der Waals surface area contributed by atoms with Gasteiger partial charge in [-0.05, 0) is 23.0 Å². The van der Waals surface area contributed by atoms with E-state index in [0.717, 1.165) is 0 Å². The molecule has 1 aromatic heterocycles. The summed E-state index contributed by atoms with van der Waals surface area (Å²) in [6.07, 6.45) is 1.38. The van der Waals surface area contributed by atoms with E-state index < -0.39 is 5.97 Å². The van der Waals surface area contributed by atoms with Crippen LogP contribution in [0.25, 0.3) is 0 Å². The van der Waals surface area contributed by atoms with Crippen LogP contribution >= 0.6 is 0 Å². The Labute approximate surface area is 112 Å². The second-order valence-corrected chi connectivity index (χ2v) is 6.10. The molecule has 1 aromatic rings. The zero-order chi connectivity index (χ0) is 14.4. The Kier molecular flexibility index (Phi) is 2.88. The maximum atomic E-state index is 12.2. The molecule has 1 aliphatic rings. The quantitative estimate of drug-likeness (QED) is 0.876. The van der Waals surface area contributed by atoms with Crippen LogP contribution in [0.4, 0.5) is 5.69 Å². The highest BCUT2D eigenvalue weighted by molar-refractivity contribution is 5.97. The van der Waals surface area contributed by atoms with Gasteiger partial charge in [0, 0.05) is 17.8 Å². The number of anilines is 1. The van der Waals surface area contributed by atoms with Crippen molar-refractivity contribution in [1.29, 1.82) is 0 Å². The lowest BCUT2D eigenvalue weighted by atomic mass is 10.0. The average Bonchev–Trinajstić information content (AvgIpc) is 2.69. The molecule has 0 spiro atoms. The summed E-state index contributed by atoms with van der Waals surface area (Å²) in [4.78, 5) is 26.7. The summed E-state index contributed by atoms with van der Waals surface area (Å²) in [6.45, 7) is 8.25. The molecule has 0 atom stereocenters. The van der Waals surface area contributed by atoms with Gasteiger partial charge in [-0.3, -0.25) is 4.79 Å². The van der Waals surface area contributed by atoms with E-state index in [0.29, 0.717) is 5.69 Å². The number of aromatic carboxylic acids is 1. The Morgan fingerprint density at radius 1 is 1.26 bits per heavy atom. The fourth-order valence-electron chi connectivity index (χ4n) is 2.69. The molecule has 0 saturated heterocycles. The van der Waals surface area contributed by atoms with Gasteiger partial charge in [0.1, 0.15) is 5.69 Å². The van der Waals surface area contributed by atoms with E-state index >= 15 is 0 Å². The fourth-order valence-corrected chi connectivity index (χ4v) is 2.69. The summed E-state index contributed by atoms with van der Waals surface area (Å²) in [5.41, 5.74) is 0.308. The molecule has 0 aromatic carbocycles. The lowest BCUT2D eigenvalue weighted by molar-refractivity contribution is -0.118. The summed E-state index contributed by atoms with van der Waals surface area (Å²) in [7, 11) is 0. The van der Waals surface area contributed by atoms with Crippen LogP contribution in [-0.4, -0.2) is 22.0 Å². The molecule has 102 valence electrons. The highest BCUT2D eigenvalue weighted by Gasteiger charge is 2.68. The number of nitrogens with one attached hydrogen (secondary N) is 1. The van der Waals surface area contributed by atoms with Gasteiger partial charge in [0.15, 0.2) is 0 Å². The largest absolute Gasteiger partial charge is 0.477 e. The summed E-state index contributed by atoms with van der Waals surface area (Å²) < 4.78 is 0. The second kappa shape index (κ2) is 4.05. The molecule has 5 nitrogen and oxygen atoms in total. The van der Waals surface area contributed by atoms with Crippen LogP contribution in [0.5, 0.6) is 0 Å². The molecule has 1 amide bonds. The van der Waals surface area contributed by atoms with Crippen molar-refractivity contribution in [2.45, 2.75) is 27.7 Å². The number of aromatic nitrogens is 1. The van der Waals surface area contributed by atoms with E-state index in [2.05, 4.69) is 38.0 Å². The molecule has 1 saturated carbocycles. The summed E-state index contributed by atoms with van der Waals surface area (Å²) in [5, 5.41) is 11.6. The van der Waals surface area contributed by atoms with Gasteiger partial charge in [-0.2, -0.15) is 0 Å². The summed E-state index contributed by atoms with van der Waals surface area (Å²) in [6, 6.07) is 2.95. The fraction of sp³-hybridized carbons (Fsp3) is 0.500. The Morgan fingerprint density at radius 2 is 1.84 bits per heavy atom. The number of carboxylic acid groups (broad SMARTS) is 1. The number of hydrogen-bond donors (Lipinski definition) is 2. The minimum Gasteiger partial charge on any atom is -0.477 e. The highest BCUT2D eigenvalue weighted by Crippen LogP contribution is 2.68. The van der Waals surface area contributed by atoms with Crippen molar-refractivity contribution in [3.63, 3.8) is 0 Å². The molecule has 0 bridgehead atoms. The molecule has 2 N–H and O–H groups in total. The van der Waals surface area contributed by atoms with Crippen molar-refractivity contribution < 1.29 is 14.7 Å². The van der Waals surface area contributed by atoms with E-state index in [1.807, 2.05) is 0 Å². The average molecular weight is 262 g/mol. The summed E-state index contributed by atoms with van der Waals surface area (Å²) in [5.74, 6) is -1.25. The van der Waals surface area contributed by atoms with Crippen molar-refractivity contribution in [2.24, 2.45) is 16.7 Å². The molecule has 0 aliphatic heterocycles. The number of amides is 1. The second-order valence-electron chi connectivity index (χ2n) is 6.10. The Morgan fingerprint density at radius 3 is 2.32 bits per heavy atom. The number of carboxylic acids is 1. The third-order valence-corrected chi connectivity index (χ3v) is 4.53. The van der Waals surface area contributed by atoms with Crippen molar-refractivity contribution in [2.75, 3.05) is 5.32 Å². The van der Waals surface area contributed by atoms with Crippen molar-refractivity contribution in [3.05, 3.63) is 24.0 Å². The molecular weight excluding hydrogens is 244 g/mol. The van der Waals surface area contributed by atoms with Crippen molar-refractivity contribution in [3.8, 4) is 0 Å². The number of rotatable bonds is 3. The Balaban J connectivity index is 2.13. The maximum absolute atomic E-state index is 12.2. The molecule has 5 heteroatoms. The van der Waals surface area contributed by atoms with E-state index in [-0.39, 0.29) is 28.3 Å². The third-order valence-electron chi connectivity index (χ3n) is 4.53. The summed E-state index contributed by atoms with van der Waals surface area (Å²) >= 11 is 0. The number of carbonyl (C=O) groups is 2. The standard InChI is InChI=1S/C14H18N2O3/c1-13(2)10(14(13,3)4)11(17)16-8-5-6-15-9(7-8)12(18)19/h5-7,10H,1-4H3,(H,18,19)(H,15,16,17). The van der Waals surface area contributed by atoms with Crippen LogP contribution in [0.15, 0.2) is 18.3 Å². The lowest BCUT2D eigenvalue weighted by Crippen LogP contribution is -2.18. The van der Waals surface area contributed by atoms with Gasteiger partial charge in [0.05, 0.1) is 0 Å². The predicted octanol–water partition coefficient (Wildman–Crippen LogP) is 2.40. The zero-order valence-electron chi connectivity index (χ0n) is 11.5. The highest BCUT2D eigenvalue weighted by atomic mass is 16.4. The molecule has 0 radical (unpaired) electrons. The lowest BCUT2D eigenvalue weighted by Gasteiger charge is -2.06. The van der Waals surface area contributed by atoms with Crippen LogP contribution in [0.1, 0.15) is 38.2 Å². The first kappa shape index (κ1) is 13.5. The van der Waals surface area contributed by atoms with E-state index in [4.69, 9.17) is 5.11 Å². The Bertz CT molecular complexity index is 535. The monoisotopic (exact) mass is 262 g/mol. The first-order valence-electron chi connectivity index (χ1n) is 6.18. The smallest absolute Gasteiger partial charge is 0.354 e. The maximum Gasteiger partial charge on any atom is 0.354 e. The van der Waals surface area contributed by atoms with Crippen molar-refractivity contribution >= 4 is 17.6 Å². The molecule has 1 heterocycles. The molecule has 19 heavy (non-hydrogen) atoms. The van der Waals surface area contributed by atoms with Gasteiger partial charge < -0.3 is 10.4 Å². The molecule has 1 aliphatic carbocycles. The molecule has 2 rings (SSSR count). The molecule has 0 unspecified atom stereocenters. The van der Waals surface area contributed by atoms with Gasteiger partial charge in [-0.15, -0.1) is 0 Å². The van der Waals surface area contributed by atoms with E-state index in [1.54, 1.807) is 6.07 Å². The zero-order valence-corrected chi connectivity index (χ0v) is 11.5. The van der Waals surface area contributed by atoms with Crippen LogP contribution in [-0.2, 0) is 4.79 Å². The van der Waals surface area contributed by atoms with Crippen LogP contribution in [0.2, 0.25) is 0 Å². The van der Waals surface area contributed by atoms with E-state index in [1.165, 1.54) is 12.3 Å². The topological polar surface area (TPSA) is 79.3 Å². The van der Waals surface area contributed by atoms with Gasteiger partial charge in [0.25, 0.3) is 0 Å². The molecular formula is C14H18N2O3. The van der Waals surface area contributed by atoms with Crippen LogP contribution < -0.4 is 5.32 Å². The van der Waals surface area contributed by atoms with Gasteiger partial charge >= 0.3 is 5.97 Å². The van der Waals surface area contributed by atoms with Gasteiger partial charge in [-0.1, -0.05) is 27.7 Å². The SMILES string of the molecule is CC1(C)C(C(=O)Nc2ccnc(C(=O)O)c2)C1(C)C. The minimum atomic E-state index is -1.11. The normalized spacial score (nSPS) is 19.8. The van der Waals surface area contributed by atoms with Crippen LogP contribution in [0, 0.1) is 16.7 Å². The Hall–Kier alpha value is -1.91. The molecule has 1 fully saturated rings. The number of carbonyl (C=O) groups excluding carboxylic acids is 1. The van der Waals surface area contributed by atoms with Gasteiger partial charge in [0.2, 0.25) is 5.91 Å².